The number of hydrogen-bond acceptors (Lipinski definition) is 3. The van der Waals surface area contributed by atoms with Crippen LogP contribution >= 0.6 is 15.9 Å². The second-order valence-corrected chi connectivity index (χ2v) is 5.50. The number of amides is 2. The smallest absolute Gasteiger partial charge is 0.256 e. The van der Waals surface area contributed by atoms with Gasteiger partial charge in [0.2, 0.25) is 5.91 Å². The molecular formula is C13H16BrN3O2. The lowest BCUT2D eigenvalue weighted by Gasteiger charge is -2.31. The Morgan fingerprint density at radius 3 is 2.68 bits per heavy atom. The van der Waals surface area contributed by atoms with Crippen LogP contribution in [0.25, 0.3) is 0 Å². The third kappa shape index (κ3) is 3.53. The largest absolute Gasteiger partial charge is 0.370 e. The summed E-state index contributed by atoms with van der Waals surface area (Å²) in [5, 5.41) is 0. The predicted molar refractivity (Wildman–Crippen MR) is 74.4 cm³/mol. The summed E-state index contributed by atoms with van der Waals surface area (Å²) in [4.78, 5) is 29.1. The minimum Gasteiger partial charge on any atom is -0.370 e. The topological polar surface area (TPSA) is 76.3 Å². The first-order valence-electron chi connectivity index (χ1n) is 6.26. The van der Waals surface area contributed by atoms with Gasteiger partial charge in [0.15, 0.2) is 0 Å². The Labute approximate surface area is 120 Å². The van der Waals surface area contributed by atoms with E-state index in [1.54, 1.807) is 23.2 Å². The minimum atomic E-state index is -0.264. The van der Waals surface area contributed by atoms with Crippen LogP contribution in [-0.2, 0) is 4.79 Å². The van der Waals surface area contributed by atoms with E-state index in [0.29, 0.717) is 35.6 Å². The van der Waals surface area contributed by atoms with Crippen LogP contribution in [0.5, 0.6) is 0 Å². The Bertz CT molecular complexity index is 485. The van der Waals surface area contributed by atoms with E-state index in [1.165, 1.54) is 0 Å². The molecule has 6 heteroatoms. The van der Waals surface area contributed by atoms with Gasteiger partial charge in [-0.2, -0.15) is 0 Å². The molecular weight excluding hydrogens is 310 g/mol. The summed E-state index contributed by atoms with van der Waals surface area (Å²) in [6, 6.07) is 3.51. The molecule has 1 aliphatic rings. The van der Waals surface area contributed by atoms with Gasteiger partial charge in [-0.1, -0.05) is 0 Å². The maximum absolute atomic E-state index is 12.3. The summed E-state index contributed by atoms with van der Waals surface area (Å²) in [6.45, 7) is 1.33. The number of primary amides is 1. The lowest BCUT2D eigenvalue weighted by atomic mass is 9.93. The molecule has 0 spiro atoms. The van der Waals surface area contributed by atoms with Gasteiger partial charge in [-0.3, -0.25) is 9.59 Å². The maximum Gasteiger partial charge on any atom is 0.256 e. The van der Waals surface area contributed by atoms with E-state index in [-0.39, 0.29) is 11.8 Å². The minimum absolute atomic E-state index is 0.0162. The van der Waals surface area contributed by atoms with Crippen LogP contribution in [0.3, 0.4) is 0 Å². The van der Waals surface area contributed by atoms with Gasteiger partial charge in [-0.15, -0.1) is 0 Å². The van der Waals surface area contributed by atoms with Gasteiger partial charge < -0.3 is 10.6 Å². The van der Waals surface area contributed by atoms with Crippen LogP contribution < -0.4 is 5.73 Å². The average Bonchev–Trinajstić information content (AvgIpc) is 2.39. The molecule has 1 aliphatic heterocycles. The first-order valence-corrected chi connectivity index (χ1v) is 7.05. The summed E-state index contributed by atoms with van der Waals surface area (Å²) < 4.78 is 0.569. The van der Waals surface area contributed by atoms with Gasteiger partial charge in [0, 0.05) is 25.7 Å². The summed E-state index contributed by atoms with van der Waals surface area (Å²) in [5.74, 6) is 0.0242. The van der Waals surface area contributed by atoms with E-state index in [9.17, 15) is 9.59 Å². The molecule has 2 N–H and O–H groups in total. The number of nitrogens with zero attached hydrogens (tertiary/aromatic N) is 2. The zero-order valence-electron chi connectivity index (χ0n) is 10.5. The molecule has 0 unspecified atom stereocenters. The predicted octanol–water partition coefficient (Wildman–Crippen LogP) is 1.57. The van der Waals surface area contributed by atoms with Crippen LogP contribution in [0.4, 0.5) is 0 Å². The first kappa shape index (κ1) is 14.0. The van der Waals surface area contributed by atoms with Crippen LogP contribution in [0.2, 0.25) is 0 Å². The molecule has 2 amide bonds. The SMILES string of the molecule is NC(=O)CC1CCN(C(=O)c2cccnc2Br)CC1. The summed E-state index contributed by atoms with van der Waals surface area (Å²) >= 11 is 3.29. The number of nitrogens with two attached hydrogens (primary N) is 1. The second kappa shape index (κ2) is 6.14. The third-order valence-electron chi connectivity index (χ3n) is 3.38. The van der Waals surface area contributed by atoms with Gasteiger partial charge in [0.1, 0.15) is 4.60 Å². The van der Waals surface area contributed by atoms with Crippen LogP contribution in [0, 0.1) is 5.92 Å². The fourth-order valence-electron chi connectivity index (χ4n) is 2.34. The van der Waals surface area contributed by atoms with Gasteiger partial charge in [-0.25, -0.2) is 4.98 Å². The lowest BCUT2D eigenvalue weighted by molar-refractivity contribution is -0.119. The number of pyridine rings is 1. The normalized spacial score (nSPS) is 16.4. The van der Waals surface area contributed by atoms with Crippen molar-refractivity contribution < 1.29 is 9.59 Å². The fourth-order valence-corrected chi connectivity index (χ4v) is 2.76. The van der Waals surface area contributed by atoms with Crippen molar-refractivity contribution in [3.8, 4) is 0 Å². The Kier molecular flexibility index (Phi) is 4.52. The summed E-state index contributed by atoms with van der Waals surface area (Å²) in [6.07, 6.45) is 3.71. The van der Waals surface area contributed by atoms with Crippen molar-refractivity contribution >= 4 is 27.7 Å². The van der Waals surface area contributed by atoms with E-state index >= 15 is 0 Å². The van der Waals surface area contributed by atoms with Gasteiger partial charge in [0.05, 0.1) is 5.56 Å². The molecule has 19 heavy (non-hydrogen) atoms. The molecule has 0 atom stereocenters. The number of aromatic nitrogens is 1. The van der Waals surface area contributed by atoms with Crippen LogP contribution in [0.1, 0.15) is 29.6 Å². The number of rotatable bonds is 3. The van der Waals surface area contributed by atoms with Crippen molar-refractivity contribution in [3.05, 3.63) is 28.5 Å². The highest BCUT2D eigenvalue weighted by molar-refractivity contribution is 9.10. The summed E-state index contributed by atoms with van der Waals surface area (Å²) in [5.41, 5.74) is 5.77. The first-order chi connectivity index (χ1) is 9.08. The highest BCUT2D eigenvalue weighted by atomic mass is 79.9. The van der Waals surface area contributed by atoms with Crippen LogP contribution in [-0.4, -0.2) is 34.8 Å². The molecule has 0 radical (unpaired) electrons. The molecule has 0 bridgehead atoms. The zero-order valence-corrected chi connectivity index (χ0v) is 12.1. The number of halogens is 1. The number of likely N-dealkylation sites (tertiary alicyclic amines) is 1. The number of carbonyl (C=O) groups excluding carboxylic acids is 2. The molecule has 1 aromatic heterocycles. The Hall–Kier alpha value is -1.43. The van der Waals surface area contributed by atoms with Crippen molar-refractivity contribution in [3.63, 3.8) is 0 Å². The second-order valence-electron chi connectivity index (χ2n) is 4.75. The Balaban J connectivity index is 1.96. The lowest BCUT2D eigenvalue weighted by Crippen LogP contribution is -2.39. The number of piperidine rings is 1. The molecule has 1 saturated heterocycles. The van der Waals surface area contributed by atoms with Crippen molar-refractivity contribution in [1.29, 1.82) is 0 Å². The van der Waals surface area contributed by atoms with Crippen molar-refractivity contribution in [2.24, 2.45) is 11.7 Å². The Morgan fingerprint density at radius 1 is 1.42 bits per heavy atom. The van der Waals surface area contributed by atoms with E-state index in [1.807, 2.05) is 0 Å². The zero-order chi connectivity index (χ0) is 13.8. The molecule has 1 aromatic rings. The third-order valence-corrected chi connectivity index (χ3v) is 4.01. The molecule has 1 fully saturated rings. The van der Waals surface area contributed by atoms with E-state index in [0.717, 1.165) is 12.8 Å². The standard InChI is InChI=1S/C13H16BrN3O2/c14-12-10(2-1-5-16-12)13(19)17-6-3-9(4-7-17)8-11(15)18/h1-2,5,9H,3-4,6-8H2,(H2,15,18). The number of carbonyl (C=O) groups is 2. The fraction of sp³-hybridized carbons (Fsp3) is 0.462. The Morgan fingerprint density at radius 2 is 2.11 bits per heavy atom. The van der Waals surface area contributed by atoms with E-state index in [4.69, 9.17) is 5.73 Å². The van der Waals surface area contributed by atoms with E-state index in [2.05, 4.69) is 20.9 Å². The quantitative estimate of drug-likeness (QED) is 0.857. The van der Waals surface area contributed by atoms with Crippen molar-refractivity contribution in [2.75, 3.05) is 13.1 Å². The van der Waals surface area contributed by atoms with Gasteiger partial charge in [-0.05, 0) is 46.8 Å². The van der Waals surface area contributed by atoms with Crippen molar-refractivity contribution in [1.82, 2.24) is 9.88 Å². The molecule has 2 rings (SSSR count). The molecule has 0 saturated carbocycles. The highest BCUT2D eigenvalue weighted by Crippen LogP contribution is 2.23. The van der Waals surface area contributed by atoms with Crippen LogP contribution in [0.15, 0.2) is 22.9 Å². The molecule has 2 heterocycles. The maximum atomic E-state index is 12.3. The van der Waals surface area contributed by atoms with Crippen molar-refractivity contribution in [2.45, 2.75) is 19.3 Å². The monoisotopic (exact) mass is 325 g/mol. The highest BCUT2D eigenvalue weighted by Gasteiger charge is 2.25. The molecule has 5 nitrogen and oxygen atoms in total. The molecule has 0 aliphatic carbocycles. The molecule has 0 aromatic carbocycles. The number of hydrogen-bond donors (Lipinski definition) is 1. The average molecular weight is 326 g/mol. The molecule has 102 valence electrons. The van der Waals surface area contributed by atoms with Gasteiger partial charge >= 0.3 is 0 Å². The van der Waals surface area contributed by atoms with E-state index < -0.39 is 0 Å². The summed E-state index contributed by atoms with van der Waals surface area (Å²) in [7, 11) is 0. The van der Waals surface area contributed by atoms with Gasteiger partial charge in [0.25, 0.3) is 5.91 Å².